The molecule has 0 aliphatic carbocycles. The molecule has 0 bridgehead atoms. The van der Waals surface area contributed by atoms with Crippen LogP contribution in [0.5, 0.6) is 0 Å². The summed E-state index contributed by atoms with van der Waals surface area (Å²) in [6, 6.07) is 16.7. The molecule has 0 saturated carbocycles. The summed E-state index contributed by atoms with van der Waals surface area (Å²) in [5, 5.41) is 3.15. The number of hydrogen-bond acceptors (Lipinski definition) is 1. The maximum Gasteiger partial charge on any atom is 0.0411 e. The maximum absolute atomic E-state index is 3.83. The first-order chi connectivity index (χ1) is 7.85. The summed E-state index contributed by atoms with van der Waals surface area (Å²) in [6.07, 6.45) is 1.87. The van der Waals surface area contributed by atoms with Gasteiger partial charge in [0.15, 0.2) is 0 Å². The standard InChI is InChI=1S/C15H15N/c1-3-12-11-14(9-10-15(12)16-2)13-7-5-4-6-8-13/h3-11,16H,1H2,2H3. The molecule has 0 heterocycles. The van der Waals surface area contributed by atoms with E-state index in [1.165, 1.54) is 11.1 Å². The minimum atomic E-state index is 1.11. The molecular formula is C15H15N. The van der Waals surface area contributed by atoms with Gasteiger partial charge in [0.05, 0.1) is 0 Å². The van der Waals surface area contributed by atoms with Crippen LogP contribution in [0.1, 0.15) is 5.56 Å². The Morgan fingerprint density at radius 2 is 1.75 bits per heavy atom. The van der Waals surface area contributed by atoms with Crippen molar-refractivity contribution in [2.45, 2.75) is 0 Å². The van der Waals surface area contributed by atoms with E-state index in [1.807, 2.05) is 19.2 Å². The molecule has 1 N–H and O–H groups in total. The van der Waals surface area contributed by atoms with Gasteiger partial charge in [-0.2, -0.15) is 0 Å². The van der Waals surface area contributed by atoms with Gasteiger partial charge >= 0.3 is 0 Å². The van der Waals surface area contributed by atoms with E-state index in [9.17, 15) is 0 Å². The van der Waals surface area contributed by atoms with Crippen LogP contribution in [0.2, 0.25) is 0 Å². The van der Waals surface area contributed by atoms with Gasteiger partial charge in [-0.15, -0.1) is 0 Å². The lowest BCUT2D eigenvalue weighted by Gasteiger charge is -2.08. The maximum atomic E-state index is 3.83. The van der Waals surface area contributed by atoms with Gasteiger partial charge in [0.25, 0.3) is 0 Å². The Bertz CT molecular complexity index is 486. The lowest BCUT2D eigenvalue weighted by Crippen LogP contribution is -1.91. The molecule has 0 aromatic heterocycles. The van der Waals surface area contributed by atoms with Crippen molar-refractivity contribution in [3.05, 3.63) is 60.7 Å². The lowest BCUT2D eigenvalue weighted by atomic mass is 10.0. The van der Waals surface area contributed by atoms with Gasteiger partial charge in [0.1, 0.15) is 0 Å². The molecule has 0 aliphatic rings. The predicted molar refractivity (Wildman–Crippen MR) is 71.5 cm³/mol. The van der Waals surface area contributed by atoms with Gasteiger partial charge in [0, 0.05) is 12.7 Å². The Kier molecular flexibility index (Phi) is 3.06. The summed E-state index contributed by atoms with van der Waals surface area (Å²) in [6.45, 7) is 3.83. The molecule has 0 spiro atoms. The Balaban J connectivity index is 2.48. The zero-order chi connectivity index (χ0) is 11.4. The van der Waals surface area contributed by atoms with Crippen LogP contribution in [0.15, 0.2) is 55.1 Å². The van der Waals surface area contributed by atoms with Crippen LogP contribution in [0.25, 0.3) is 17.2 Å². The van der Waals surface area contributed by atoms with E-state index >= 15 is 0 Å². The summed E-state index contributed by atoms with van der Waals surface area (Å²) in [7, 11) is 1.92. The fourth-order valence-corrected chi connectivity index (χ4v) is 1.77. The number of nitrogens with one attached hydrogen (secondary N) is 1. The van der Waals surface area contributed by atoms with Crippen molar-refractivity contribution in [1.82, 2.24) is 0 Å². The highest BCUT2D eigenvalue weighted by Gasteiger charge is 2.01. The van der Waals surface area contributed by atoms with E-state index in [4.69, 9.17) is 0 Å². The van der Waals surface area contributed by atoms with Crippen LogP contribution in [0.3, 0.4) is 0 Å². The first-order valence-electron chi connectivity index (χ1n) is 5.35. The fourth-order valence-electron chi connectivity index (χ4n) is 1.77. The molecule has 0 fully saturated rings. The molecule has 2 aromatic carbocycles. The highest BCUT2D eigenvalue weighted by Crippen LogP contribution is 2.25. The molecule has 1 heteroatoms. The normalized spacial score (nSPS) is 9.81. The van der Waals surface area contributed by atoms with Gasteiger partial charge in [-0.25, -0.2) is 0 Å². The topological polar surface area (TPSA) is 12.0 Å². The summed E-state index contributed by atoms with van der Waals surface area (Å²) in [4.78, 5) is 0. The molecule has 2 aromatic rings. The Morgan fingerprint density at radius 3 is 2.38 bits per heavy atom. The average Bonchev–Trinajstić information content (AvgIpc) is 2.39. The van der Waals surface area contributed by atoms with Crippen LogP contribution in [0, 0.1) is 0 Å². The van der Waals surface area contributed by atoms with E-state index in [1.54, 1.807) is 0 Å². The smallest absolute Gasteiger partial charge is 0.0411 e. The zero-order valence-electron chi connectivity index (χ0n) is 9.40. The molecule has 0 unspecified atom stereocenters. The van der Waals surface area contributed by atoms with Crippen molar-refractivity contribution >= 4 is 11.8 Å². The van der Waals surface area contributed by atoms with Gasteiger partial charge in [-0.1, -0.05) is 49.1 Å². The molecule has 80 valence electrons. The SMILES string of the molecule is C=Cc1cc(-c2ccccc2)ccc1NC. The van der Waals surface area contributed by atoms with Gasteiger partial charge in [-0.3, -0.25) is 0 Å². The van der Waals surface area contributed by atoms with Gasteiger partial charge in [-0.05, 0) is 28.8 Å². The van der Waals surface area contributed by atoms with Crippen LogP contribution >= 0.6 is 0 Å². The third-order valence-corrected chi connectivity index (χ3v) is 2.65. The molecule has 1 nitrogen and oxygen atoms in total. The minimum absolute atomic E-state index is 1.11. The summed E-state index contributed by atoms with van der Waals surface area (Å²) >= 11 is 0. The van der Waals surface area contributed by atoms with E-state index in [2.05, 4.69) is 54.4 Å². The van der Waals surface area contributed by atoms with E-state index < -0.39 is 0 Å². The fraction of sp³-hybridized carbons (Fsp3) is 0.0667. The molecule has 0 atom stereocenters. The predicted octanol–water partition coefficient (Wildman–Crippen LogP) is 4.04. The second-order valence-corrected chi connectivity index (χ2v) is 3.62. The van der Waals surface area contributed by atoms with E-state index in [-0.39, 0.29) is 0 Å². The number of benzene rings is 2. The lowest BCUT2D eigenvalue weighted by molar-refractivity contribution is 1.49. The second-order valence-electron chi connectivity index (χ2n) is 3.62. The van der Waals surface area contributed by atoms with Crippen molar-refractivity contribution < 1.29 is 0 Å². The number of rotatable bonds is 3. The van der Waals surface area contributed by atoms with Gasteiger partial charge < -0.3 is 5.32 Å². The van der Waals surface area contributed by atoms with E-state index in [0.717, 1.165) is 11.3 Å². The average molecular weight is 209 g/mol. The Hall–Kier alpha value is -2.02. The van der Waals surface area contributed by atoms with E-state index in [0.29, 0.717) is 0 Å². The highest BCUT2D eigenvalue weighted by atomic mass is 14.8. The zero-order valence-corrected chi connectivity index (χ0v) is 9.40. The van der Waals surface area contributed by atoms with Crippen LogP contribution in [0.4, 0.5) is 5.69 Å². The quantitative estimate of drug-likeness (QED) is 0.804. The Labute approximate surface area is 96.4 Å². The summed E-state index contributed by atoms with van der Waals surface area (Å²) in [5.41, 5.74) is 4.68. The van der Waals surface area contributed by atoms with Crippen LogP contribution in [-0.4, -0.2) is 7.05 Å². The highest BCUT2D eigenvalue weighted by molar-refractivity contribution is 5.74. The van der Waals surface area contributed by atoms with Crippen LogP contribution in [-0.2, 0) is 0 Å². The first-order valence-corrected chi connectivity index (χ1v) is 5.35. The van der Waals surface area contributed by atoms with Crippen LogP contribution < -0.4 is 5.32 Å². The van der Waals surface area contributed by atoms with Crippen molar-refractivity contribution in [3.8, 4) is 11.1 Å². The molecule has 16 heavy (non-hydrogen) atoms. The van der Waals surface area contributed by atoms with Crippen molar-refractivity contribution in [2.24, 2.45) is 0 Å². The Morgan fingerprint density at radius 1 is 1.00 bits per heavy atom. The summed E-state index contributed by atoms with van der Waals surface area (Å²) < 4.78 is 0. The third-order valence-electron chi connectivity index (χ3n) is 2.65. The molecule has 0 amide bonds. The first kappa shape index (κ1) is 10.5. The largest absolute Gasteiger partial charge is 0.388 e. The molecule has 0 saturated heterocycles. The molecule has 0 aliphatic heterocycles. The molecular weight excluding hydrogens is 194 g/mol. The minimum Gasteiger partial charge on any atom is -0.388 e. The summed E-state index contributed by atoms with van der Waals surface area (Å²) in [5.74, 6) is 0. The number of hydrogen-bond donors (Lipinski definition) is 1. The van der Waals surface area contributed by atoms with Gasteiger partial charge in [0.2, 0.25) is 0 Å². The molecule has 2 rings (SSSR count). The van der Waals surface area contributed by atoms with Crippen molar-refractivity contribution in [3.63, 3.8) is 0 Å². The van der Waals surface area contributed by atoms with Crippen molar-refractivity contribution in [1.29, 1.82) is 0 Å². The number of anilines is 1. The molecule has 0 radical (unpaired) electrons. The van der Waals surface area contributed by atoms with Crippen molar-refractivity contribution in [2.75, 3.05) is 12.4 Å². The third kappa shape index (κ3) is 1.98. The second kappa shape index (κ2) is 4.67. The monoisotopic (exact) mass is 209 g/mol.